The molecule has 1 saturated carbocycles. The molecule has 1 aromatic carbocycles. The highest BCUT2D eigenvalue weighted by Gasteiger charge is 2.61. The number of amides is 1. The molecule has 1 amide bonds. The largest absolute Gasteiger partial charge is 0.426 e. The summed E-state index contributed by atoms with van der Waals surface area (Å²) in [5.74, 6) is -0.348. The Morgan fingerprint density at radius 1 is 1.34 bits per heavy atom. The molecule has 4 nitrogen and oxygen atoms in total. The maximum atomic E-state index is 12.5. The summed E-state index contributed by atoms with van der Waals surface area (Å²) in [4.78, 5) is 26.9. The number of carbonyl (C=O) groups excluding carboxylic acids is 2. The van der Waals surface area contributed by atoms with Gasteiger partial charge in [0.05, 0.1) is 10.8 Å². The molecule has 29 heavy (non-hydrogen) atoms. The van der Waals surface area contributed by atoms with E-state index in [2.05, 4.69) is 6.58 Å². The third-order valence-corrected chi connectivity index (χ3v) is 6.68. The monoisotopic (exact) mass is 467 g/mol. The Morgan fingerprint density at radius 2 is 2.00 bits per heavy atom. The average molecular weight is 468 g/mol. The highest BCUT2D eigenvalue weighted by molar-refractivity contribution is 8.26. The van der Waals surface area contributed by atoms with Crippen LogP contribution in [0.1, 0.15) is 19.4 Å². The number of ether oxygens (including phenoxy) is 1. The summed E-state index contributed by atoms with van der Waals surface area (Å²) < 4.78 is 6.18. The van der Waals surface area contributed by atoms with Gasteiger partial charge in [-0.05, 0) is 41.2 Å². The molecule has 0 spiro atoms. The van der Waals surface area contributed by atoms with Crippen molar-refractivity contribution in [1.29, 1.82) is 0 Å². The van der Waals surface area contributed by atoms with Gasteiger partial charge >= 0.3 is 5.97 Å². The van der Waals surface area contributed by atoms with Crippen LogP contribution in [0.4, 0.5) is 0 Å². The minimum Gasteiger partial charge on any atom is -0.426 e. The lowest BCUT2D eigenvalue weighted by Crippen LogP contribution is -2.27. The predicted molar refractivity (Wildman–Crippen MR) is 123 cm³/mol. The zero-order valence-corrected chi connectivity index (χ0v) is 19.0. The number of carbonyl (C=O) groups is 2. The normalized spacial score (nSPS) is 23.9. The standard InChI is InChI=1S/C21H19Cl2NO3S2/c1-4-9-24-18(25)15(29-20(24)28)10-12-5-7-13(8-6-12)27-19(26)17-14(11-16(22)23)21(17,2)3/h4-8,10-11,14,17H,1,9H2,2-3H3/b15-10-. The van der Waals surface area contributed by atoms with E-state index < -0.39 is 0 Å². The van der Waals surface area contributed by atoms with E-state index >= 15 is 0 Å². The van der Waals surface area contributed by atoms with Gasteiger partial charge in [-0.3, -0.25) is 14.5 Å². The Hall–Kier alpha value is -1.60. The van der Waals surface area contributed by atoms with Crippen LogP contribution in [0.25, 0.3) is 6.08 Å². The molecule has 2 unspecified atom stereocenters. The van der Waals surface area contributed by atoms with Crippen molar-refractivity contribution in [3.05, 3.63) is 58.0 Å². The van der Waals surface area contributed by atoms with E-state index in [0.717, 1.165) is 5.56 Å². The van der Waals surface area contributed by atoms with Crippen LogP contribution in [0.2, 0.25) is 0 Å². The number of thioether (sulfide) groups is 1. The topological polar surface area (TPSA) is 46.6 Å². The van der Waals surface area contributed by atoms with Crippen molar-refractivity contribution in [3.8, 4) is 5.75 Å². The molecule has 0 radical (unpaired) electrons. The molecular formula is C21H19Cl2NO3S2. The number of nitrogens with zero attached hydrogens (tertiary/aromatic N) is 1. The van der Waals surface area contributed by atoms with Crippen molar-refractivity contribution in [1.82, 2.24) is 4.90 Å². The summed E-state index contributed by atoms with van der Waals surface area (Å²) in [6.07, 6.45) is 5.08. The van der Waals surface area contributed by atoms with Gasteiger partial charge in [-0.2, -0.15) is 0 Å². The van der Waals surface area contributed by atoms with E-state index in [1.54, 1.807) is 42.5 Å². The first-order valence-electron chi connectivity index (χ1n) is 8.86. The molecule has 152 valence electrons. The Bertz CT molecular complexity index is 934. The molecule has 1 heterocycles. The van der Waals surface area contributed by atoms with Crippen LogP contribution in [0.15, 0.2) is 52.4 Å². The Labute approximate surface area is 189 Å². The van der Waals surface area contributed by atoms with Crippen molar-refractivity contribution in [3.63, 3.8) is 0 Å². The SMILES string of the molecule is C=CCN1C(=O)/C(=C/c2ccc(OC(=O)C3C(C=C(Cl)Cl)C3(C)C)cc2)SC1=S. The van der Waals surface area contributed by atoms with Gasteiger partial charge in [0.15, 0.2) is 0 Å². The van der Waals surface area contributed by atoms with Crippen molar-refractivity contribution in [2.24, 2.45) is 17.3 Å². The summed E-state index contributed by atoms with van der Waals surface area (Å²) in [6, 6.07) is 6.97. The maximum Gasteiger partial charge on any atom is 0.315 e. The number of allylic oxidation sites excluding steroid dienone is 1. The van der Waals surface area contributed by atoms with Crippen LogP contribution in [0, 0.1) is 17.3 Å². The molecule has 1 aliphatic heterocycles. The number of thiocarbonyl (C=S) groups is 1. The van der Waals surface area contributed by atoms with Crippen LogP contribution in [-0.4, -0.2) is 27.6 Å². The third-order valence-electron chi connectivity index (χ3n) is 5.05. The van der Waals surface area contributed by atoms with Crippen LogP contribution in [-0.2, 0) is 9.59 Å². The number of rotatable bonds is 6. The quantitative estimate of drug-likeness (QED) is 0.180. The molecule has 0 aromatic heterocycles. The van der Waals surface area contributed by atoms with Crippen molar-refractivity contribution in [2.75, 3.05) is 6.54 Å². The second-order valence-corrected chi connectivity index (χ2v) is 10.0. The molecular weight excluding hydrogens is 449 g/mol. The number of halogens is 2. The van der Waals surface area contributed by atoms with Gasteiger partial charge in [0.2, 0.25) is 0 Å². The molecule has 0 bridgehead atoms. The predicted octanol–water partition coefficient (Wildman–Crippen LogP) is 5.57. The van der Waals surface area contributed by atoms with Crippen LogP contribution >= 0.6 is 47.2 Å². The van der Waals surface area contributed by atoms with E-state index in [0.29, 0.717) is 21.5 Å². The third kappa shape index (κ3) is 4.77. The lowest BCUT2D eigenvalue weighted by atomic mass is 10.1. The van der Waals surface area contributed by atoms with Crippen molar-refractivity contribution in [2.45, 2.75) is 13.8 Å². The van der Waals surface area contributed by atoms with Gasteiger partial charge < -0.3 is 4.74 Å². The van der Waals surface area contributed by atoms with Crippen LogP contribution < -0.4 is 4.74 Å². The number of esters is 1. The molecule has 2 fully saturated rings. The van der Waals surface area contributed by atoms with E-state index in [1.807, 2.05) is 13.8 Å². The average Bonchev–Trinajstić information content (AvgIpc) is 3.07. The van der Waals surface area contributed by atoms with E-state index in [9.17, 15) is 9.59 Å². The lowest BCUT2D eigenvalue weighted by Gasteiger charge is -2.10. The fraction of sp³-hybridized carbons (Fsp3) is 0.286. The van der Waals surface area contributed by atoms with Gasteiger partial charge in [0, 0.05) is 6.54 Å². The lowest BCUT2D eigenvalue weighted by molar-refractivity contribution is -0.136. The molecule has 1 aliphatic carbocycles. The van der Waals surface area contributed by atoms with Gasteiger partial charge in [-0.1, -0.05) is 79.2 Å². The molecule has 0 N–H and O–H groups in total. The minimum atomic E-state index is -0.316. The molecule has 1 saturated heterocycles. The van der Waals surface area contributed by atoms with Crippen molar-refractivity contribution < 1.29 is 14.3 Å². The van der Waals surface area contributed by atoms with Crippen molar-refractivity contribution >= 4 is 69.5 Å². The van der Waals surface area contributed by atoms with Gasteiger partial charge in [0.25, 0.3) is 5.91 Å². The van der Waals surface area contributed by atoms with E-state index in [1.165, 1.54) is 16.7 Å². The Kier molecular flexibility index (Phi) is 6.58. The summed E-state index contributed by atoms with van der Waals surface area (Å²) in [5.41, 5.74) is 0.567. The number of hydrogen-bond acceptors (Lipinski definition) is 5. The Balaban J connectivity index is 1.66. The molecule has 2 atom stereocenters. The maximum absolute atomic E-state index is 12.5. The molecule has 3 rings (SSSR count). The first-order valence-corrected chi connectivity index (χ1v) is 10.8. The smallest absolute Gasteiger partial charge is 0.315 e. The zero-order valence-electron chi connectivity index (χ0n) is 15.9. The van der Waals surface area contributed by atoms with Crippen LogP contribution in [0.3, 0.4) is 0 Å². The first-order chi connectivity index (χ1) is 13.6. The van der Waals surface area contributed by atoms with Gasteiger partial charge in [-0.15, -0.1) is 6.58 Å². The first kappa shape index (κ1) is 22.1. The second-order valence-electron chi connectivity index (χ2n) is 7.35. The summed E-state index contributed by atoms with van der Waals surface area (Å²) >= 11 is 17.9. The zero-order chi connectivity index (χ0) is 21.3. The second kappa shape index (κ2) is 8.64. The molecule has 1 aromatic rings. The van der Waals surface area contributed by atoms with Crippen LogP contribution in [0.5, 0.6) is 5.75 Å². The summed E-state index contributed by atoms with van der Waals surface area (Å²) in [5, 5.41) is 0. The highest BCUT2D eigenvalue weighted by atomic mass is 35.5. The highest BCUT2D eigenvalue weighted by Crippen LogP contribution is 2.60. The molecule has 2 aliphatic rings. The van der Waals surface area contributed by atoms with Gasteiger partial charge in [-0.25, -0.2) is 0 Å². The minimum absolute atomic E-state index is 0.0447. The number of hydrogen-bond donors (Lipinski definition) is 0. The van der Waals surface area contributed by atoms with E-state index in [4.69, 9.17) is 40.2 Å². The molecule has 8 heteroatoms. The van der Waals surface area contributed by atoms with Gasteiger partial charge in [0.1, 0.15) is 14.6 Å². The van der Waals surface area contributed by atoms with E-state index in [-0.39, 0.29) is 33.6 Å². The summed E-state index contributed by atoms with van der Waals surface area (Å²) in [7, 11) is 0. The Morgan fingerprint density at radius 3 is 2.59 bits per heavy atom. The summed E-state index contributed by atoms with van der Waals surface area (Å²) in [6.45, 7) is 7.98. The number of benzene rings is 1. The fourth-order valence-corrected chi connectivity index (χ4v) is 4.87. The fourth-order valence-electron chi connectivity index (χ4n) is 3.32.